The minimum absolute atomic E-state index is 0.183. The van der Waals surface area contributed by atoms with Crippen molar-refractivity contribution in [3.63, 3.8) is 0 Å². The molecule has 3 aromatic rings. The van der Waals surface area contributed by atoms with Gasteiger partial charge in [-0.1, -0.05) is 30.3 Å². The quantitative estimate of drug-likeness (QED) is 0.308. The number of fused-ring (bicyclic) bond motifs is 2. The Balaban J connectivity index is 0.000000354. The molecule has 3 aromatic carbocycles. The van der Waals surface area contributed by atoms with Crippen molar-refractivity contribution in [1.82, 2.24) is 9.80 Å². The smallest absolute Gasteiger partial charge is 0.337 e. The third-order valence-electron chi connectivity index (χ3n) is 8.45. The van der Waals surface area contributed by atoms with Gasteiger partial charge in [-0.15, -0.1) is 0 Å². The molecule has 1 amide bonds. The Hall–Kier alpha value is -4.28. The lowest BCUT2D eigenvalue weighted by molar-refractivity contribution is -0.147. The van der Waals surface area contributed by atoms with Crippen molar-refractivity contribution in [1.29, 1.82) is 0 Å². The lowest BCUT2D eigenvalue weighted by Gasteiger charge is -2.34. The molecule has 1 aliphatic carbocycles. The van der Waals surface area contributed by atoms with Crippen LogP contribution in [0.4, 0.5) is 0 Å². The van der Waals surface area contributed by atoms with Gasteiger partial charge in [0, 0.05) is 25.6 Å². The van der Waals surface area contributed by atoms with Gasteiger partial charge in [-0.05, 0) is 84.9 Å². The van der Waals surface area contributed by atoms with Crippen molar-refractivity contribution in [3.05, 3.63) is 82.4 Å². The van der Waals surface area contributed by atoms with Crippen LogP contribution in [0.2, 0.25) is 0 Å². The SMILES string of the molecule is COc1cc2c(cc1OC)CC(=O)N(CCCN(C)C[C@H]1Cc3cc(OC)c(OC)cc31)CC2.O=C(O)C(O)c1ccccc1. The van der Waals surface area contributed by atoms with Gasteiger partial charge in [-0.25, -0.2) is 4.79 Å². The molecule has 0 aromatic heterocycles. The second-order valence-electron chi connectivity index (χ2n) is 11.4. The first-order chi connectivity index (χ1) is 21.7. The van der Waals surface area contributed by atoms with Gasteiger partial charge in [-0.2, -0.15) is 0 Å². The van der Waals surface area contributed by atoms with Gasteiger partial charge in [0.05, 0.1) is 34.9 Å². The zero-order valence-electron chi connectivity index (χ0n) is 26.7. The zero-order valence-corrected chi connectivity index (χ0v) is 26.7. The van der Waals surface area contributed by atoms with Crippen molar-refractivity contribution >= 4 is 11.9 Å². The molecule has 2 N–H and O–H groups in total. The zero-order chi connectivity index (χ0) is 32.5. The van der Waals surface area contributed by atoms with Gasteiger partial charge in [0.2, 0.25) is 5.91 Å². The minimum atomic E-state index is -1.41. The molecule has 10 nitrogen and oxygen atoms in total. The summed E-state index contributed by atoms with van der Waals surface area (Å²) < 4.78 is 21.7. The summed E-state index contributed by atoms with van der Waals surface area (Å²) in [7, 11) is 8.79. The van der Waals surface area contributed by atoms with Crippen LogP contribution in [0.3, 0.4) is 0 Å². The molecule has 0 bridgehead atoms. The predicted molar refractivity (Wildman–Crippen MR) is 171 cm³/mol. The standard InChI is InChI=1S/C27H36N2O5.C8H8O3/c1-28(17-21-11-20-14-25(33-4)26(34-5)16-22(20)21)8-6-9-29-10-7-18-12-23(31-2)24(32-3)13-19(18)15-27(29)30;9-7(8(10)11)6-4-2-1-3-5-6/h12-14,16,21H,6-11,15,17H2,1-5H3;1-5,7,9H,(H,10,11)/t21-;/m1./s1. The summed E-state index contributed by atoms with van der Waals surface area (Å²) in [6.45, 7) is 3.47. The van der Waals surface area contributed by atoms with Crippen LogP contribution in [0.1, 0.15) is 46.3 Å². The molecule has 0 fully saturated rings. The normalized spacial score (nSPS) is 15.8. The Labute approximate surface area is 265 Å². The van der Waals surface area contributed by atoms with E-state index in [2.05, 4.69) is 24.1 Å². The number of ether oxygens (including phenoxy) is 4. The number of likely N-dealkylation sites (N-methyl/N-ethyl adjacent to an activating group) is 1. The van der Waals surface area contributed by atoms with Gasteiger partial charge >= 0.3 is 5.97 Å². The van der Waals surface area contributed by atoms with Gasteiger partial charge in [0.25, 0.3) is 0 Å². The fourth-order valence-corrected chi connectivity index (χ4v) is 5.93. The number of carbonyl (C=O) groups excluding carboxylic acids is 1. The largest absolute Gasteiger partial charge is 0.493 e. The van der Waals surface area contributed by atoms with Crippen LogP contribution >= 0.6 is 0 Å². The lowest BCUT2D eigenvalue weighted by Crippen LogP contribution is -2.36. The van der Waals surface area contributed by atoms with Gasteiger partial charge < -0.3 is 39.0 Å². The van der Waals surface area contributed by atoms with Crippen LogP contribution in [0.5, 0.6) is 23.0 Å². The second kappa shape index (κ2) is 15.6. The minimum Gasteiger partial charge on any atom is -0.493 e. The summed E-state index contributed by atoms with van der Waals surface area (Å²) >= 11 is 0. The van der Waals surface area contributed by atoms with E-state index in [0.29, 0.717) is 23.7 Å². The number of hydrogen-bond acceptors (Lipinski definition) is 8. The van der Waals surface area contributed by atoms with E-state index in [-0.39, 0.29) is 5.91 Å². The molecule has 45 heavy (non-hydrogen) atoms. The Bertz CT molecular complexity index is 1460. The number of aliphatic hydroxyl groups excluding tert-OH is 1. The predicted octanol–water partition coefficient (Wildman–Crippen LogP) is 4.11. The summed E-state index contributed by atoms with van der Waals surface area (Å²) in [5.41, 5.74) is 5.31. The lowest BCUT2D eigenvalue weighted by atomic mass is 9.77. The Morgan fingerprint density at radius 3 is 2.09 bits per heavy atom. The third-order valence-corrected chi connectivity index (χ3v) is 8.45. The van der Waals surface area contributed by atoms with E-state index >= 15 is 0 Å². The van der Waals surface area contributed by atoms with Crippen LogP contribution in [-0.4, -0.2) is 93.6 Å². The number of benzene rings is 3. The maximum Gasteiger partial charge on any atom is 0.337 e. The molecule has 0 saturated carbocycles. The van der Waals surface area contributed by atoms with E-state index in [1.165, 1.54) is 16.7 Å². The fraction of sp³-hybridized carbons (Fsp3) is 0.429. The first-order valence-electron chi connectivity index (χ1n) is 15.1. The molecule has 242 valence electrons. The first kappa shape index (κ1) is 33.6. The monoisotopic (exact) mass is 620 g/mol. The number of carbonyl (C=O) groups is 2. The van der Waals surface area contributed by atoms with E-state index in [0.717, 1.165) is 68.3 Å². The summed E-state index contributed by atoms with van der Waals surface area (Å²) in [6.07, 6.45) is 1.86. The molecule has 0 radical (unpaired) electrons. The highest BCUT2D eigenvalue weighted by molar-refractivity contribution is 5.80. The summed E-state index contributed by atoms with van der Waals surface area (Å²) in [5.74, 6) is 2.46. The molecule has 1 aliphatic heterocycles. The van der Waals surface area contributed by atoms with Crippen molar-refractivity contribution in [3.8, 4) is 23.0 Å². The highest BCUT2D eigenvalue weighted by atomic mass is 16.5. The maximum atomic E-state index is 12.9. The molecular formula is C35H44N2O8. The second-order valence-corrected chi connectivity index (χ2v) is 11.4. The van der Waals surface area contributed by atoms with Crippen LogP contribution < -0.4 is 18.9 Å². The maximum absolute atomic E-state index is 12.9. The van der Waals surface area contributed by atoms with Crippen molar-refractivity contribution < 1.29 is 38.7 Å². The molecular weight excluding hydrogens is 576 g/mol. The number of rotatable bonds is 12. The Morgan fingerprint density at radius 2 is 1.49 bits per heavy atom. The number of amides is 1. The molecule has 0 saturated heterocycles. The van der Waals surface area contributed by atoms with E-state index in [9.17, 15) is 9.59 Å². The number of hydrogen-bond donors (Lipinski definition) is 2. The Morgan fingerprint density at radius 1 is 0.911 bits per heavy atom. The fourth-order valence-electron chi connectivity index (χ4n) is 5.93. The third kappa shape index (κ3) is 8.26. The summed E-state index contributed by atoms with van der Waals surface area (Å²) in [6, 6.07) is 16.4. The molecule has 1 heterocycles. The number of carboxylic acids is 1. The number of aliphatic carboxylic acids is 1. The molecule has 10 heteroatoms. The summed E-state index contributed by atoms with van der Waals surface area (Å²) in [5, 5.41) is 17.4. The van der Waals surface area contributed by atoms with Crippen LogP contribution in [0.15, 0.2) is 54.6 Å². The van der Waals surface area contributed by atoms with Gasteiger partial charge in [0.1, 0.15) is 0 Å². The van der Waals surface area contributed by atoms with Crippen molar-refractivity contribution in [2.45, 2.75) is 37.7 Å². The number of methoxy groups -OCH3 is 4. The van der Waals surface area contributed by atoms with Crippen LogP contribution in [-0.2, 0) is 28.9 Å². The molecule has 0 spiro atoms. The Kier molecular flexibility index (Phi) is 11.7. The highest BCUT2D eigenvalue weighted by Gasteiger charge is 2.29. The van der Waals surface area contributed by atoms with Crippen LogP contribution in [0.25, 0.3) is 0 Å². The number of aliphatic hydroxyl groups is 1. The summed E-state index contributed by atoms with van der Waals surface area (Å²) in [4.78, 5) is 27.5. The van der Waals surface area contributed by atoms with Gasteiger partial charge in [0.15, 0.2) is 29.1 Å². The van der Waals surface area contributed by atoms with Crippen molar-refractivity contribution in [2.24, 2.45) is 0 Å². The topological polar surface area (TPSA) is 118 Å². The molecule has 1 unspecified atom stereocenters. The van der Waals surface area contributed by atoms with E-state index in [4.69, 9.17) is 29.2 Å². The van der Waals surface area contributed by atoms with E-state index < -0.39 is 12.1 Å². The highest BCUT2D eigenvalue weighted by Crippen LogP contribution is 2.42. The average Bonchev–Trinajstić information content (AvgIpc) is 3.20. The van der Waals surface area contributed by atoms with Crippen molar-refractivity contribution in [2.75, 3.05) is 61.7 Å². The molecule has 5 rings (SSSR count). The van der Waals surface area contributed by atoms with E-state index in [1.807, 2.05) is 17.0 Å². The van der Waals surface area contributed by atoms with Crippen LogP contribution in [0, 0.1) is 0 Å². The molecule has 2 aliphatic rings. The molecule has 2 atom stereocenters. The van der Waals surface area contributed by atoms with Gasteiger partial charge in [-0.3, -0.25) is 4.79 Å². The average molecular weight is 621 g/mol. The number of carboxylic acid groups (broad SMARTS) is 1. The number of nitrogens with zero attached hydrogens (tertiary/aromatic N) is 2. The first-order valence-corrected chi connectivity index (χ1v) is 15.1. The van der Waals surface area contributed by atoms with E-state index in [1.54, 1.807) is 58.8 Å².